The zero-order valence-corrected chi connectivity index (χ0v) is 10.9. The number of azide groups is 1. The van der Waals surface area contributed by atoms with E-state index in [-0.39, 0.29) is 11.4 Å². The first-order valence-corrected chi connectivity index (χ1v) is 5.67. The molecular formula is C11H11ClN4O3. The van der Waals surface area contributed by atoms with Gasteiger partial charge in [0.2, 0.25) is 0 Å². The maximum atomic E-state index is 10.9. The molecule has 0 aliphatic heterocycles. The van der Waals surface area contributed by atoms with E-state index in [4.69, 9.17) is 21.9 Å². The number of benzene rings is 1. The van der Waals surface area contributed by atoms with Crippen LogP contribution in [0.2, 0.25) is 5.02 Å². The van der Waals surface area contributed by atoms with Gasteiger partial charge in [0.15, 0.2) is 5.75 Å². The van der Waals surface area contributed by atoms with E-state index >= 15 is 0 Å². The summed E-state index contributed by atoms with van der Waals surface area (Å²) in [4.78, 5) is 12.9. The molecule has 1 aromatic carbocycles. The number of hydrogen-bond donors (Lipinski definition) is 0. The van der Waals surface area contributed by atoms with Gasteiger partial charge in [0.1, 0.15) is 0 Å². The van der Waals surface area contributed by atoms with E-state index < -0.39 is 4.92 Å². The fourth-order valence-electron chi connectivity index (χ4n) is 1.38. The fourth-order valence-corrected chi connectivity index (χ4v) is 1.60. The van der Waals surface area contributed by atoms with Gasteiger partial charge in [-0.3, -0.25) is 10.1 Å². The Bertz CT molecular complexity index is 553. The van der Waals surface area contributed by atoms with Gasteiger partial charge in [-0.15, -0.1) is 0 Å². The van der Waals surface area contributed by atoms with Crippen molar-refractivity contribution in [3.8, 4) is 5.75 Å². The number of nitro benzene ring substituents is 1. The molecule has 0 saturated carbocycles. The van der Waals surface area contributed by atoms with E-state index in [0.29, 0.717) is 23.6 Å². The maximum absolute atomic E-state index is 10.9. The zero-order chi connectivity index (χ0) is 14.3. The lowest BCUT2D eigenvalue weighted by molar-refractivity contribution is -0.385. The molecule has 0 heterocycles. The van der Waals surface area contributed by atoms with Crippen molar-refractivity contribution in [2.24, 2.45) is 5.11 Å². The maximum Gasteiger partial charge on any atom is 0.311 e. The molecule has 0 unspecified atom stereocenters. The first-order chi connectivity index (χ1) is 9.10. The lowest BCUT2D eigenvalue weighted by Gasteiger charge is -2.04. The molecule has 7 nitrogen and oxygen atoms in total. The van der Waals surface area contributed by atoms with Crippen LogP contribution in [0.4, 0.5) is 5.69 Å². The molecular weight excluding hydrogens is 272 g/mol. The monoisotopic (exact) mass is 282 g/mol. The summed E-state index contributed by atoms with van der Waals surface area (Å²) in [6.45, 7) is 0.322. The Labute approximate surface area is 114 Å². The van der Waals surface area contributed by atoms with Crippen molar-refractivity contribution in [1.29, 1.82) is 0 Å². The van der Waals surface area contributed by atoms with Crippen LogP contribution in [-0.2, 0) is 0 Å². The summed E-state index contributed by atoms with van der Waals surface area (Å²) in [7, 11) is 1.34. The molecule has 0 aromatic heterocycles. The van der Waals surface area contributed by atoms with Crippen LogP contribution in [0.15, 0.2) is 23.3 Å². The van der Waals surface area contributed by atoms with Gasteiger partial charge in [0.05, 0.1) is 17.1 Å². The minimum atomic E-state index is -0.535. The summed E-state index contributed by atoms with van der Waals surface area (Å²) in [6.07, 6.45) is 3.90. The summed E-state index contributed by atoms with van der Waals surface area (Å²) in [5.41, 5.74) is 8.46. The lowest BCUT2D eigenvalue weighted by Crippen LogP contribution is -1.94. The highest BCUT2D eigenvalue weighted by molar-refractivity contribution is 6.32. The standard InChI is InChI=1S/C11H11ClN4O3/c1-19-11-7-9(12)8(6-10(11)16(17)18)4-2-3-5-14-15-13/h2,4,6-7H,3,5H2,1H3. The van der Waals surface area contributed by atoms with E-state index in [0.717, 1.165) is 0 Å². The van der Waals surface area contributed by atoms with Gasteiger partial charge in [0, 0.05) is 23.6 Å². The molecule has 100 valence electrons. The molecule has 1 aromatic rings. The molecule has 0 spiro atoms. The third kappa shape index (κ3) is 4.17. The molecule has 0 aliphatic rings. The van der Waals surface area contributed by atoms with Gasteiger partial charge in [-0.2, -0.15) is 0 Å². The minimum Gasteiger partial charge on any atom is -0.490 e. The SMILES string of the molecule is COc1cc(Cl)c(C=CCCN=[N+]=[N-])cc1[N+](=O)[O-]. The predicted octanol–water partition coefficient (Wildman–Crippen LogP) is 3.97. The van der Waals surface area contributed by atoms with Crippen molar-refractivity contribution in [3.63, 3.8) is 0 Å². The Kier molecular flexibility index (Phi) is 5.66. The Morgan fingerprint density at radius 3 is 2.95 bits per heavy atom. The van der Waals surface area contributed by atoms with Crippen molar-refractivity contribution in [2.45, 2.75) is 6.42 Å². The fraction of sp³-hybridized carbons (Fsp3) is 0.273. The molecule has 1 rings (SSSR count). The summed E-state index contributed by atoms with van der Waals surface area (Å²) < 4.78 is 4.89. The van der Waals surface area contributed by atoms with Gasteiger partial charge < -0.3 is 4.74 Å². The normalized spacial score (nSPS) is 10.2. The van der Waals surface area contributed by atoms with Crippen LogP contribution in [-0.4, -0.2) is 18.6 Å². The molecule has 0 amide bonds. The Morgan fingerprint density at radius 2 is 2.37 bits per heavy atom. The average molecular weight is 283 g/mol. The predicted molar refractivity (Wildman–Crippen MR) is 72.3 cm³/mol. The second-order valence-corrected chi connectivity index (χ2v) is 3.86. The zero-order valence-electron chi connectivity index (χ0n) is 10.1. The number of methoxy groups -OCH3 is 1. The van der Waals surface area contributed by atoms with Gasteiger partial charge in [-0.25, -0.2) is 0 Å². The number of ether oxygens (including phenoxy) is 1. The molecule has 0 saturated heterocycles. The molecule has 0 bridgehead atoms. The molecule has 19 heavy (non-hydrogen) atoms. The smallest absolute Gasteiger partial charge is 0.311 e. The first kappa shape index (κ1) is 14.8. The third-order valence-electron chi connectivity index (χ3n) is 2.25. The van der Waals surface area contributed by atoms with E-state index in [2.05, 4.69) is 10.0 Å². The average Bonchev–Trinajstić information content (AvgIpc) is 2.39. The highest BCUT2D eigenvalue weighted by atomic mass is 35.5. The van der Waals surface area contributed by atoms with Crippen molar-refractivity contribution >= 4 is 23.4 Å². The molecule has 0 atom stereocenters. The van der Waals surface area contributed by atoms with E-state index in [1.165, 1.54) is 19.2 Å². The van der Waals surface area contributed by atoms with E-state index in [9.17, 15) is 10.1 Å². The van der Waals surface area contributed by atoms with Crippen molar-refractivity contribution < 1.29 is 9.66 Å². The molecule has 0 N–H and O–H groups in total. The number of nitro groups is 1. The van der Waals surface area contributed by atoms with Crippen LogP contribution in [0, 0.1) is 10.1 Å². The van der Waals surface area contributed by atoms with Crippen molar-refractivity contribution in [2.75, 3.05) is 13.7 Å². The van der Waals surface area contributed by atoms with Crippen LogP contribution in [0.25, 0.3) is 16.5 Å². The molecule has 8 heteroatoms. The van der Waals surface area contributed by atoms with E-state index in [1.54, 1.807) is 12.2 Å². The topological polar surface area (TPSA) is 101 Å². The first-order valence-electron chi connectivity index (χ1n) is 5.29. The Morgan fingerprint density at radius 1 is 1.63 bits per heavy atom. The molecule has 0 radical (unpaired) electrons. The summed E-state index contributed by atoms with van der Waals surface area (Å²) >= 11 is 5.99. The largest absolute Gasteiger partial charge is 0.490 e. The summed E-state index contributed by atoms with van der Waals surface area (Å²) in [5, 5.41) is 14.6. The van der Waals surface area contributed by atoms with Crippen LogP contribution in [0.3, 0.4) is 0 Å². The van der Waals surface area contributed by atoms with Gasteiger partial charge in [-0.05, 0) is 17.5 Å². The second kappa shape index (κ2) is 7.25. The highest BCUT2D eigenvalue weighted by Gasteiger charge is 2.17. The van der Waals surface area contributed by atoms with Crippen molar-refractivity contribution in [3.05, 3.63) is 49.4 Å². The number of halogens is 1. The highest BCUT2D eigenvalue weighted by Crippen LogP contribution is 2.33. The second-order valence-electron chi connectivity index (χ2n) is 3.45. The van der Waals surface area contributed by atoms with Crippen LogP contribution in [0.5, 0.6) is 5.75 Å². The lowest BCUT2D eigenvalue weighted by atomic mass is 10.1. The van der Waals surface area contributed by atoms with Crippen LogP contribution in [0.1, 0.15) is 12.0 Å². The summed E-state index contributed by atoms with van der Waals surface area (Å²) in [5.74, 6) is 0.112. The minimum absolute atomic E-state index is 0.112. The number of rotatable bonds is 6. The van der Waals surface area contributed by atoms with Crippen LogP contribution < -0.4 is 4.74 Å². The van der Waals surface area contributed by atoms with Crippen molar-refractivity contribution in [1.82, 2.24) is 0 Å². The van der Waals surface area contributed by atoms with Gasteiger partial charge >= 0.3 is 5.69 Å². The third-order valence-corrected chi connectivity index (χ3v) is 2.58. The Hall–Kier alpha value is -2.24. The number of hydrogen-bond acceptors (Lipinski definition) is 4. The quantitative estimate of drug-likeness (QED) is 0.197. The molecule has 0 aliphatic carbocycles. The van der Waals surface area contributed by atoms with Gasteiger partial charge in [-0.1, -0.05) is 28.9 Å². The summed E-state index contributed by atoms with van der Waals surface area (Å²) in [6, 6.07) is 2.73. The van der Waals surface area contributed by atoms with Gasteiger partial charge in [0.25, 0.3) is 0 Å². The molecule has 0 fully saturated rings. The van der Waals surface area contributed by atoms with Crippen LogP contribution >= 0.6 is 11.6 Å². The number of nitrogens with zero attached hydrogens (tertiary/aromatic N) is 4. The van der Waals surface area contributed by atoms with E-state index in [1.807, 2.05) is 0 Å². The Balaban J connectivity index is 2.98.